The Morgan fingerprint density at radius 1 is 1.43 bits per heavy atom. The molecule has 7 heavy (non-hydrogen) atoms. The van der Waals surface area contributed by atoms with Gasteiger partial charge in [0, 0.05) is 13.7 Å². The fraction of sp³-hybridized carbons (Fsp3) is 0.667. The molecule has 0 fully saturated rings. The molecule has 0 heterocycles. The zero-order valence-electron chi connectivity index (χ0n) is 5.24. The highest BCUT2D eigenvalue weighted by Gasteiger charge is 1.66. The van der Waals surface area contributed by atoms with Crippen molar-refractivity contribution in [2.75, 3.05) is 13.7 Å². The minimum atomic E-state index is 0.889. The third kappa shape index (κ3) is 27.0. The van der Waals surface area contributed by atoms with Gasteiger partial charge < -0.3 is 4.74 Å². The van der Waals surface area contributed by atoms with E-state index in [1.165, 1.54) is 0 Å². The fourth-order valence-electron chi connectivity index (χ4n) is 0.204. The molecule has 0 radical (unpaired) electrons. The zero-order valence-corrected chi connectivity index (χ0v) is 5.24. The Hall–Kier alpha value is -0.300. The van der Waals surface area contributed by atoms with Gasteiger partial charge in [-0.15, -0.1) is 13.2 Å². The molecule has 0 saturated heterocycles. The lowest BCUT2D eigenvalue weighted by molar-refractivity contribution is 0.199. The van der Waals surface area contributed by atoms with Crippen LogP contribution in [0.25, 0.3) is 0 Å². The molecule has 0 spiro atoms. The lowest BCUT2D eigenvalue weighted by atomic mass is 10.5. The van der Waals surface area contributed by atoms with Gasteiger partial charge in [0.15, 0.2) is 0 Å². The van der Waals surface area contributed by atoms with E-state index in [9.17, 15) is 0 Å². The number of methoxy groups -OCH3 is 1. The fourth-order valence-corrected chi connectivity index (χ4v) is 0.204. The second-order valence-electron chi connectivity index (χ2n) is 0.993. The van der Waals surface area contributed by atoms with Gasteiger partial charge in [0.1, 0.15) is 0 Å². The Balaban J connectivity index is 0. The highest BCUT2D eigenvalue weighted by molar-refractivity contribution is 4.22. The van der Waals surface area contributed by atoms with Gasteiger partial charge in [-0.1, -0.05) is 6.92 Å². The molecule has 44 valence electrons. The second-order valence-corrected chi connectivity index (χ2v) is 0.993. The van der Waals surface area contributed by atoms with E-state index in [1.807, 2.05) is 0 Å². The number of hydrogen-bond donors (Lipinski definition) is 0. The summed E-state index contributed by atoms with van der Waals surface area (Å²) in [7, 11) is 1.71. The van der Waals surface area contributed by atoms with Crippen LogP contribution >= 0.6 is 0 Å². The van der Waals surface area contributed by atoms with Gasteiger partial charge in [-0.2, -0.15) is 0 Å². The van der Waals surface area contributed by atoms with Gasteiger partial charge in [-0.3, -0.25) is 0 Å². The van der Waals surface area contributed by atoms with Gasteiger partial charge >= 0.3 is 0 Å². The Labute approximate surface area is 46.0 Å². The Bertz CT molecular complexity index is 18.1. The first-order chi connectivity index (χ1) is 3.41. The highest BCUT2D eigenvalue weighted by Crippen LogP contribution is 1.70. The monoisotopic (exact) mass is 102 g/mol. The lowest BCUT2D eigenvalue weighted by Crippen LogP contribution is -1.80. The highest BCUT2D eigenvalue weighted by atomic mass is 16.5. The summed E-state index contributed by atoms with van der Waals surface area (Å²) < 4.78 is 4.69. The van der Waals surface area contributed by atoms with Crippen molar-refractivity contribution in [2.24, 2.45) is 0 Å². The van der Waals surface area contributed by atoms with Gasteiger partial charge in [-0.05, 0) is 6.42 Å². The molecule has 0 atom stereocenters. The third-order valence-corrected chi connectivity index (χ3v) is 0.408. The molecule has 0 unspecified atom stereocenters. The Morgan fingerprint density at radius 2 is 1.86 bits per heavy atom. The predicted molar refractivity (Wildman–Crippen MR) is 33.4 cm³/mol. The summed E-state index contributed by atoms with van der Waals surface area (Å²) in [6.07, 6.45) is 1.12. The van der Waals surface area contributed by atoms with Crippen LogP contribution in [0.2, 0.25) is 0 Å². The molecule has 0 bridgehead atoms. The summed E-state index contributed by atoms with van der Waals surface area (Å²) in [6.45, 7) is 8.98. The van der Waals surface area contributed by atoms with Crippen LogP contribution in [0.1, 0.15) is 13.3 Å². The molecule has 0 aromatic heterocycles. The first-order valence-corrected chi connectivity index (χ1v) is 2.40. The molecular formula is C6H14O. The van der Waals surface area contributed by atoms with Crippen LogP contribution in [0, 0.1) is 0 Å². The lowest BCUT2D eigenvalue weighted by Gasteiger charge is -1.84. The van der Waals surface area contributed by atoms with Crippen molar-refractivity contribution >= 4 is 0 Å². The Morgan fingerprint density at radius 3 is 1.86 bits per heavy atom. The molecule has 0 aliphatic rings. The number of hydrogen-bond acceptors (Lipinski definition) is 1. The van der Waals surface area contributed by atoms with Crippen LogP contribution in [-0.2, 0) is 4.74 Å². The average Bonchev–Trinajstić information content (AvgIpc) is 1.75. The van der Waals surface area contributed by atoms with Crippen molar-refractivity contribution < 1.29 is 4.74 Å². The van der Waals surface area contributed by atoms with Crippen LogP contribution < -0.4 is 0 Å². The molecule has 0 aliphatic carbocycles. The first-order valence-electron chi connectivity index (χ1n) is 2.40. The molecule has 0 N–H and O–H groups in total. The van der Waals surface area contributed by atoms with Crippen molar-refractivity contribution in [3.8, 4) is 0 Å². The molecule has 0 rings (SSSR count). The Kier molecular flexibility index (Phi) is 24.3. The van der Waals surface area contributed by atoms with E-state index in [0.29, 0.717) is 0 Å². The topological polar surface area (TPSA) is 9.23 Å². The molecular weight excluding hydrogens is 88.1 g/mol. The number of rotatable bonds is 2. The van der Waals surface area contributed by atoms with E-state index in [0.717, 1.165) is 13.0 Å². The summed E-state index contributed by atoms with van der Waals surface area (Å²) in [5.74, 6) is 0. The van der Waals surface area contributed by atoms with Crippen LogP contribution in [0.5, 0.6) is 0 Å². The van der Waals surface area contributed by atoms with Crippen LogP contribution in [0.4, 0.5) is 0 Å². The van der Waals surface area contributed by atoms with E-state index in [1.54, 1.807) is 7.11 Å². The molecule has 0 saturated carbocycles. The quantitative estimate of drug-likeness (QED) is 0.483. The van der Waals surface area contributed by atoms with Crippen molar-refractivity contribution in [3.63, 3.8) is 0 Å². The zero-order chi connectivity index (χ0) is 6.12. The summed E-state index contributed by atoms with van der Waals surface area (Å²) in [5, 5.41) is 0. The maximum atomic E-state index is 4.69. The molecule has 0 aromatic rings. The first kappa shape index (κ1) is 9.85. The van der Waals surface area contributed by atoms with Gasteiger partial charge in [0.25, 0.3) is 0 Å². The molecule has 0 amide bonds. The summed E-state index contributed by atoms with van der Waals surface area (Å²) in [6, 6.07) is 0. The van der Waals surface area contributed by atoms with Crippen molar-refractivity contribution in [2.45, 2.75) is 13.3 Å². The van der Waals surface area contributed by atoms with Crippen LogP contribution in [0.3, 0.4) is 0 Å². The van der Waals surface area contributed by atoms with Gasteiger partial charge in [0.2, 0.25) is 0 Å². The van der Waals surface area contributed by atoms with E-state index in [4.69, 9.17) is 4.74 Å². The second kappa shape index (κ2) is 17.3. The summed E-state index contributed by atoms with van der Waals surface area (Å²) in [5.41, 5.74) is 0. The smallest absolute Gasteiger partial charge is 0.0459 e. The van der Waals surface area contributed by atoms with Gasteiger partial charge in [0.05, 0.1) is 0 Å². The third-order valence-electron chi connectivity index (χ3n) is 0.408. The van der Waals surface area contributed by atoms with Crippen LogP contribution in [-0.4, -0.2) is 13.7 Å². The standard InChI is InChI=1S/C4H10O.C2H4/c1-3-4-5-2;1-2/h3-4H2,1-2H3;1-2H2. The number of ether oxygens (including phenoxy) is 1. The van der Waals surface area contributed by atoms with Crippen LogP contribution in [0.15, 0.2) is 13.2 Å². The molecule has 0 aliphatic heterocycles. The molecule has 0 aromatic carbocycles. The van der Waals surface area contributed by atoms with E-state index >= 15 is 0 Å². The van der Waals surface area contributed by atoms with Gasteiger partial charge in [-0.25, -0.2) is 0 Å². The van der Waals surface area contributed by atoms with E-state index < -0.39 is 0 Å². The molecule has 1 heteroatoms. The minimum absolute atomic E-state index is 0.889. The van der Waals surface area contributed by atoms with Crippen molar-refractivity contribution in [1.82, 2.24) is 0 Å². The minimum Gasteiger partial charge on any atom is -0.385 e. The van der Waals surface area contributed by atoms with Crippen molar-refractivity contribution in [1.29, 1.82) is 0 Å². The summed E-state index contributed by atoms with van der Waals surface area (Å²) >= 11 is 0. The van der Waals surface area contributed by atoms with E-state index in [-0.39, 0.29) is 0 Å². The molecule has 1 nitrogen and oxygen atoms in total. The largest absolute Gasteiger partial charge is 0.385 e. The average molecular weight is 102 g/mol. The predicted octanol–water partition coefficient (Wildman–Crippen LogP) is 1.84. The van der Waals surface area contributed by atoms with Crippen molar-refractivity contribution in [3.05, 3.63) is 13.2 Å². The van der Waals surface area contributed by atoms with E-state index in [2.05, 4.69) is 20.1 Å². The maximum absolute atomic E-state index is 4.69. The summed E-state index contributed by atoms with van der Waals surface area (Å²) in [4.78, 5) is 0. The normalized spacial score (nSPS) is 6.57. The maximum Gasteiger partial charge on any atom is 0.0459 e. The SMILES string of the molecule is C=C.CCCOC.